The summed E-state index contributed by atoms with van der Waals surface area (Å²) in [5, 5.41) is 0.550. The van der Waals surface area contributed by atoms with E-state index in [1.165, 1.54) is 0 Å². The number of thioether (sulfide) groups is 1. The first-order valence-electron chi connectivity index (χ1n) is 4.94. The third-order valence-electron chi connectivity index (χ3n) is 2.20. The Balaban J connectivity index is 2.12. The molecule has 0 amide bonds. The van der Waals surface area contributed by atoms with E-state index < -0.39 is 0 Å². The summed E-state index contributed by atoms with van der Waals surface area (Å²) in [4.78, 5) is 5.08. The minimum atomic E-state index is 0.550. The molecule has 0 aliphatic carbocycles. The Morgan fingerprint density at radius 2 is 2.18 bits per heavy atom. The van der Waals surface area contributed by atoms with E-state index in [0.29, 0.717) is 5.15 Å². The van der Waals surface area contributed by atoms with Gasteiger partial charge in [0.2, 0.25) is 0 Å². The Hall–Kier alpha value is -0.710. The van der Waals surface area contributed by atoms with Crippen LogP contribution in [0.3, 0.4) is 0 Å². The fourth-order valence-electron chi connectivity index (χ4n) is 1.32. The average molecular weight is 330 g/mol. The lowest BCUT2D eigenvalue weighted by atomic mass is 10.3. The molecular weight excluding hydrogens is 320 g/mol. The highest BCUT2D eigenvalue weighted by molar-refractivity contribution is 9.10. The highest BCUT2D eigenvalue weighted by atomic mass is 79.9. The molecule has 0 fully saturated rings. The molecule has 17 heavy (non-hydrogen) atoms. The van der Waals surface area contributed by atoms with Crippen molar-refractivity contribution in [2.75, 3.05) is 5.73 Å². The fourth-order valence-corrected chi connectivity index (χ4v) is 3.08. The minimum Gasteiger partial charge on any atom is -0.398 e. The Kier molecular flexibility index (Phi) is 4.31. The van der Waals surface area contributed by atoms with Gasteiger partial charge in [-0.2, -0.15) is 0 Å². The molecule has 5 heteroatoms. The van der Waals surface area contributed by atoms with Gasteiger partial charge in [0, 0.05) is 27.0 Å². The van der Waals surface area contributed by atoms with Crippen molar-refractivity contribution in [2.45, 2.75) is 10.6 Å². The van der Waals surface area contributed by atoms with Crippen molar-refractivity contribution in [3.8, 4) is 0 Å². The van der Waals surface area contributed by atoms with Crippen molar-refractivity contribution < 1.29 is 0 Å². The van der Waals surface area contributed by atoms with Gasteiger partial charge in [-0.25, -0.2) is 4.98 Å². The molecule has 1 aromatic carbocycles. The predicted molar refractivity (Wildman–Crippen MR) is 77.4 cm³/mol. The number of nitrogens with two attached hydrogens (primary N) is 1. The van der Waals surface area contributed by atoms with Crippen LogP contribution in [0, 0.1) is 0 Å². The van der Waals surface area contributed by atoms with Gasteiger partial charge in [0.25, 0.3) is 0 Å². The molecule has 0 aliphatic rings. The van der Waals surface area contributed by atoms with Crippen LogP contribution in [0.1, 0.15) is 5.56 Å². The summed E-state index contributed by atoms with van der Waals surface area (Å²) in [5.41, 5.74) is 7.69. The maximum atomic E-state index is 6.00. The largest absolute Gasteiger partial charge is 0.398 e. The number of benzene rings is 1. The third-order valence-corrected chi connectivity index (χ3v) is 4.15. The van der Waals surface area contributed by atoms with Crippen LogP contribution in [0.4, 0.5) is 5.69 Å². The second-order valence-corrected chi connectivity index (χ2v) is 5.72. The lowest BCUT2D eigenvalue weighted by Gasteiger charge is -2.06. The van der Waals surface area contributed by atoms with Crippen LogP contribution in [-0.4, -0.2) is 4.98 Å². The summed E-state index contributed by atoms with van der Waals surface area (Å²) >= 11 is 11.1. The zero-order valence-electron chi connectivity index (χ0n) is 8.86. The van der Waals surface area contributed by atoms with Gasteiger partial charge in [0.05, 0.1) is 0 Å². The number of pyridine rings is 1. The zero-order valence-corrected chi connectivity index (χ0v) is 12.0. The van der Waals surface area contributed by atoms with Gasteiger partial charge < -0.3 is 5.73 Å². The SMILES string of the molecule is Nc1ccc(Br)cc1SCc1cccnc1Cl. The summed E-state index contributed by atoms with van der Waals surface area (Å²) in [7, 11) is 0. The van der Waals surface area contributed by atoms with Gasteiger partial charge in [-0.3, -0.25) is 0 Å². The Morgan fingerprint density at radius 1 is 1.35 bits per heavy atom. The number of nitrogen functional groups attached to an aromatic ring is 1. The van der Waals surface area contributed by atoms with E-state index in [2.05, 4.69) is 20.9 Å². The van der Waals surface area contributed by atoms with E-state index in [1.54, 1.807) is 18.0 Å². The number of hydrogen-bond acceptors (Lipinski definition) is 3. The molecule has 1 aromatic heterocycles. The molecular formula is C12H10BrClN2S. The normalized spacial score (nSPS) is 10.5. The van der Waals surface area contributed by atoms with Crippen LogP contribution in [0.5, 0.6) is 0 Å². The van der Waals surface area contributed by atoms with Crippen LogP contribution in [0.25, 0.3) is 0 Å². The highest BCUT2D eigenvalue weighted by Gasteiger charge is 2.04. The van der Waals surface area contributed by atoms with E-state index in [0.717, 1.165) is 26.4 Å². The summed E-state index contributed by atoms with van der Waals surface area (Å²) in [6.07, 6.45) is 1.68. The van der Waals surface area contributed by atoms with Gasteiger partial charge in [0.1, 0.15) is 5.15 Å². The van der Waals surface area contributed by atoms with E-state index in [9.17, 15) is 0 Å². The second-order valence-electron chi connectivity index (χ2n) is 3.42. The van der Waals surface area contributed by atoms with Crippen LogP contribution in [0.15, 0.2) is 45.9 Å². The maximum absolute atomic E-state index is 6.00. The van der Waals surface area contributed by atoms with Gasteiger partial charge in [0.15, 0.2) is 0 Å². The first kappa shape index (κ1) is 12.7. The Bertz CT molecular complexity index is 534. The first-order chi connectivity index (χ1) is 8.16. The van der Waals surface area contributed by atoms with Crippen LogP contribution in [0.2, 0.25) is 5.15 Å². The molecule has 0 unspecified atom stereocenters. The minimum absolute atomic E-state index is 0.550. The topological polar surface area (TPSA) is 38.9 Å². The number of nitrogens with zero attached hydrogens (tertiary/aromatic N) is 1. The molecule has 2 rings (SSSR count). The van der Waals surface area contributed by atoms with Crippen molar-refractivity contribution in [1.82, 2.24) is 4.98 Å². The molecule has 0 saturated heterocycles. The van der Waals surface area contributed by atoms with Crippen molar-refractivity contribution in [1.29, 1.82) is 0 Å². The highest BCUT2D eigenvalue weighted by Crippen LogP contribution is 2.31. The predicted octanol–water partition coefficient (Wildman–Crippen LogP) is 4.37. The number of anilines is 1. The van der Waals surface area contributed by atoms with Crippen molar-refractivity contribution >= 4 is 45.0 Å². The quantitative estimate of drug-likeness (QED) is 0.516. The van der Waals surface area contributed by atoms with E-state index in [1.807, 2.05) is 30.3 Å². The molecule has 88 valence electrons. The summed E-state index contributed by atoms with van der Waals surface area (Å²) in [6, 6.07) is 9.67. The Morgan fingerprint density at radius 3 is 2.94 bits per heavy atom. The van der Waals surface area contributed by atoms with Crippen molar-refractivity contribution in [3.05, 3.63) is 51.7 Å². The van der Waals surface area contributed by atoms with E-state index in [4.69, 9.17) is 17.3 Å². The molecule has 0 atom stereocenters. The van der Waals surface area contributed by atoms with Crippen LogP contribution < -0.4 is 5.73 Å². The van der Waals surface area contributed by atoms with Gasteiger partial charge in [-0.15, -0.1) is 11.8 Å². The molecule has 2 N–H and O–H groups in total. The monoisotopic (exact) mass is 328 g/mol. The number of hydrogen-bond donors (Lipinski definition) is 1. The van der Waals surface area contributed by atoms with E-state index in [-0.39, 0.29) is 0 Å². The molecule has 1 heterocycles. The molecule has 0 aliphatic heterocycles. The van der Waals surface area contributed by atoms with Crippen molar-refractivity contribution in [2.24, 2.45) is 0 Å². The molecule has 0 saturated carbocycles. The smallest absolute Gasteiger partial charge is 0.133 e. The van der Waals surface area contributed by atoms with Gasteiger partial charge >= 0.3 is 0 Å². The number of halogens is 2. The first-order valence-corrected chi connectivity index (χ1v) is 7.09. The fraction of sp³-hybridized carbons (Fsp3) is 0.0833. The third kappa shape index (κ3) is 3.37. The van der Waals surface area contributed by atoms with Crippen LogP contribution >= 0.6 is 39.3 Å². The molecule has 2 nitrogen and oxygen atoms in total. The average Bonchev–Trinajstić information content (AvgIpc) is 2.32. The molecule has 0 radical (unpaired) electrons. The summed E-state index contributed by atoms with van der Waals surface area (Å²) in [6.45, 7) is 0. The second kappa shape index (κ2) is 5.76. The Labute approximate surface area is 118 Å². The van der Waals surface area contributed by atoms with E-state index >= 15 is 0 Å². The summed E-state index contributed by atoms with van der Waals surface area (Å²) in [5.74, 6) is 0.757. The summed E-state index contributed by atoms with van der Waals surface area (Å²) < 4.78 is 1.02. The standard InChI is InChI=1S/C12H10BrClN2S/c13-9-3-4-10(15)11(6-9)17-7-8-2-1-5-16-12(8)14/h1-6H,7,15H2. The number of aromatic nitrogens is 1. The molecule has 0 bridgehead atoms. The molecule has 2 aromatic rings. The van der Waals surface area contributed by atoms with Gasteiger partial charge in [-0.1, -0.05) is 33.6 Å². The van der Waals surface area contributed by atoms with Gasteiger partial charge in [-0.05, 0) is 29.8 Å². The van der Waals surface area contributed by atoms with Crippen molar-refractivity contribution in [3.63, 3.8) is 0 Å². The lowest BCUT2D eigenvalue weighted by Crippen LogP contribution is -1.90. The number of rotatable bonds is 3. The lowest BCUT2D eigenvalue weighted by molar-refractivity contribution is 1.25. The zero-order chi connectivity index (χ0) is 12.3. The molecule has 0 spiro atoms. The maximum Gasteiger partial charge on any atom is 0.133 e. The van der Waals surface area contributed by atoms with Crippen LogP contribution in [-0.2, 0) is 5.75 Å².